The molecule has 0 radical (unpaired) electrons. The summed E-state index contributed by atoms with van der Waals surface area (Å²) in [5.41, 5.74) is 3.80. The number of fused-ring (bicyclic) bond motifs is 3. The lowest BCUT2D eigenvalue weighted by Crippen LogP contribution is -2.29. The van der Waals surface area contributed by atoms with Gasteiger partial charge < -0.3 is 10.1 Å². The SMILES string of the molecule is COc1cccc2c1N[C@H](c1ccccc1Br)[C@@H]1CC=C[C@H]21. The molecule has 2 nitrogen and oxygen atoms in total. The van der Waals surface area contributed by atoms with E-state index in [0.29, 0.717) is 17.9 Å². The van der Waals surface area contributed by atoms with Gasteiger partial charge in [-0.1, -0.05) is 58.4 Å². The number of para-hydroxylation sites is 1. The van der Waals surface area contributed by atoms with Crippen molar-refractivity contribution >= 4 is 21.6 Å². The molecule has 3 heteroatoms. The average molecular weight is 356 g/mol. The monoisotopic (exact) mass is 355 g/mol. The Morgan fingerprint density at radius 2 is 1.91 bits per heavy atom. The summed E-state index contributed by atoms with van der Waals surface area (Å²) in [6.45, 7) is 0. The lowest BCUT2D eigenvalue weighted by molar-refractivity contribution is 0.397. The Morgan fingerprint density at radius 3 is 2.73 bits per heavy atom. The summed E-state index contributed by atoms with van der Waals surface area (Å²) in [5, 5.41) is 3.75. The van der Waals surface area contributed by atoms with Crippen LogP contribution < -0.4 is 10.1 Å². The van der Waals surface area contributed by atoms with Crippen molar-refractivity contribution in [2.45, 2.75) is 18.4 Å². The van der Waals surface area contributed by atoms with Crippen molar-refractivity contribution in [1.82, 2.24) is 0 Å². The summed E-state index contributed by atoms with van der Waals surface area (Å²) in [5.74, 6) is 1.94. The van der Waals surface area contributed by atoms with Gasteiger partial charge in [0.2, 0.25) is 0 Å². The number of nitrogens with one attached hydrogen (secondary N) is 1. The van der Waals surface area contributed by atoms with Crippen molar-refractivity contribution in [2.75, 3.05) is 12.4 Å². The van der Waals surface area contributed by atoms with Gasteiger partial charge in [-0.3, -0.25) is 0 Å². The standard InChI is InChI=1S/C19H18BrNO/c1-22-17-11-5-9-14-12-7-4-8-13(12)18(21-19(14)17)15-6-2-3-10-16(15)20/h2-7,9-13,18,21H,8H2,1H3/t12-,13+,18-/m0/s1. The van der Waals surface area contributed by atoms with Crippen LogP contribution in [-0.2, 0) is 0 Å². The Morgan fingerprint density at radius 1 is 1.09 bits per heavy atom. The fraction of sp³-hybridized carbons (Fsp3) is 0.263. The molecule has 2 aromatic rings. The highest BCUT2D eigenvalue weighted by molar-refractivity contribution is 9.10. The van der Waals surface area contributed by atoms with Crippen molar-refractivity contribution in [3.8, 4) is 5.75 Å². The quantitative estimate of drug-likeness (QED) is 0.739. The number of halogens is 1. The maximum atomic E-state index is 5.58. The van der Waals surface area contributed by atoms with E-state index in [-0.39, 0.29) is 0 Å². The first-order chi connectivity index (χ1) is 10.8. The van der Waals surface area contributed by atoms with Gasteiger partial charge in [-0.2, -0.15) is 0 Å². The molecule has 1 heterocycles. The highest BCUT2D eigenvalue weighted by Crippen LogP contribution is 2.52. The Bertz CT molecular complexity index is 740. The number of allylic oxidation sites excluding steroid dienone is 2. The van der Waals surface area contributed by atoms with Gasteiger partial charge >= 0.3 is 0 Å². The summed E-state index contributed by atoms with van der Waals surface area (Å²) in [7, 11) is 1.74. The smallest absolute Gasteiger partial charge is 0.142 e. The van der Waals surface area contributed by atoms with Crippen LogP contribution in [0, 0.1) is 5.92 Å². The summed E-state index contributed by atoms with van der Waals surface area (Å²) >= 11 is 3.71. The number of anilines is 1. The van der Waals surface area contributed by atoms with E-state index in [1.807, 2.05) is 6.07 Å². The van der Waals surface area contributed by atoms with Gasteiger partial charge in [0.15, 0.2) is 0 Å². The molecular weight excluding hydrogens is 338 g/mol. The Balaban J connectivity index is 1.85. The van der Waals surface area contributed by atoms with Gasteiger partial charge in [-0.25, -0.2) is 0 Å². The maximum Gasteiger partial charge on any atom is 0.142 e. The van der Waals surface area contributed by atoms with Crippen molar-refractivity contribution in [3.63, 3.8) is 0 Å². The zero-order valence-electron chi connectivity index (χ0n) is 12.4. The molecule has 4 rings (SSSR count). The van der Waals surface area contributed by atoms with Crippen LogP contribution in [-0.4, -0.2) is 7.11 Å². The first-order valence-electron chi connectivity index (χ1n) is 7.64. The summed E-state index contributed by atoms with van der Waals surface area (Å²) < 4.78 is 6.74. The van der Waals surface area contributed by atoms with Crippen LogP contribution in [0.2, 0.25) is 0 Å². The molecule has 2 aliphatic rings. The lowest BCUT2D eigenvalue weighted by Gasteiger charge is -2.38. The van der Waals surface area contributed by atoms with Crippen LogP contribution in [0.5, 0.6) is 5.75 Å². The van der Waals surface area contributed by atoms with Crippen LogP contribution in [0.3, 0.4) is 0 Å². The third-order valence-corrected chi connectivity index (χ3v) is 5.54. The second kappa shape index (κ2) is 5.47. The van der Waals surface area contributed by atoms with E-state index in [9.17, 15) is 0 Å². The zero-order valence-corrected chi connectivity index (χ0v) is 14.0. The highest BCUT2D eigenvalue weighted by Gasteiger charge is 2.39. The van der Waals surface area contributed by atoms with E-state index in [0.717, 1.165) is 22.3 Å². The molecule has 112 valence electrons. The van der Waals surface area contributed by atoms with Crippen molar-refractivity contribution in [3.05, 3.63) is 70.2 Å². The van der Waals surface area contributed by atoms with Gasteiger partial charge in [0, 0.05) is 10.4 Å². The molecule has 0 fully saturated rings. The molecule has 1 aliphatic heterocycles. The van der Waals surface area contributed by atoms with E-state index < -0.39 is 0 Å². The molecular formula is C19H18BrNO. The van der Waals surface area contributed by atoms with E-state index in [1.54, 1.807) is 7.11 Å². The normalized spacial score (nSPS) is 25.3. The second-order valence-electron chi connectivity index (χ2n) is 5.92. The first-order valence-corrected chi connectivity index (χ1v) is 8.43. The minimum atomic E-state index is 0.291. The number of methoxy groups -OCH3 is 1. The van der Waals surface area contributed by atoms with Gasteiger partial charge in [-0.15, -0.1) is 0 Å². The molecule has 3 atom stereocenters. The maximum absolute atomic E-state index is 5.58. The van der Waals surface area contributed by atoms with Gasteiger partial charge in [0.25, 0.3) is 0 Å². The number of hydrogen-bond acceptors (Lipinski definition) is 2. The first kappa shape index (κ1) is 13.9. The summed E-state index contributed by atoms with van der Waals surface area (Å²) in [6, 6.07) is 15.1. The van der Waals surface area contributed by atoms with Crippen LogP contribution in [0.1, 0.15) is 29.5 Å². The molecule has 22 heavy (non-hydrogen) atoms. The predicted molar refractivity (Wildman–Crippen MR) is 93.5 cm³/mol. The van der Waals surface area contributed by atoms with Crippen molar-refractivity contribution < 1.29 is 4.74 Å². The lowest BCUT2D eigenvalue weighted by atomic mass is 9.77. The molecule has 0 spiro atoms. The van der Waals surface area contributed by atoms with Gasteiger partial charge in [-0.05, 0) is 35.6 Å². The predicted octanol–water partition coefficient (Wildman–Crippen LogP) is 5.28. The van der Waals surface area contributed by atoms with Crippen LogP contribution >= 0.6 is 15.9 Å². The molecule has 1 aliphatic carbocycles. The second-order valence-corrected chi connectivity index (χ2v) is 6.78. The Hall–Kier alpha value is -1.74. The average Bonchev–Trinajstić information content (AvgIpc) is 3.04. The molecule has 0 unspecified atom stereocenters. The van der Waals surface area contributed by atoms with E-state index >= 15 is 0 Å². The molecule has 1 N–H and O–H groups in total. The van der Waals surface area contributed by atoms with Crippen LogP contribution in [0.15, 0.2) is 59.1 Å². The molecule has 0 amide bonds. The number of hydrogen-bond donors (Lipinski definition) is 1. The fourth-order valence-electron chi connectivity index (χ4n) is 3.80. The number of benzene rings is 2. The largest absolute Gasteiger partial charge is 0.495 e. The van der Waals surface area contributed by atoms with Crippen LogP contribution in [0.25, 0.3) is 0 Å². The van der Waals surface area contributed by atoms with E-state index in [4.69, 9.17) is 4.74 Å². The molecule has 0 bridgehead atoms. The molecule has 0 saturated heterocycles. The third kappa shape index (κ3) is 2.07. The fourth-order valence-corrected chi connectivity index (χ4v) is 4.33. The molecule has 0 saturated carbocycles. The highest BCUT2D eigenvalue weighted by atomic mass is 79.9. The molecule has 0 aromatic heterocycles. The van der Waals surface area contributed by atoms with Gasteiger partial charge in [0.05, 0.1) is 18.8 Å². The molecule has 2 aromatic carbocycles. The zero-order chi connectivity index (χ0) is 15.1. The van der Waals surface area contributed by atoms with E-state index in [1.165, 1.54) is 11.1 Å². The number of ether oxygens (including phenoxy) is 1. The Labute approximate surface area is 139 Å². The van der Waals surface area contributed by atoms with E-state index in [2.05, 4.69) is 69.8 Å². The summed E-state index contributed by atoms with van der Waals surface area (Å²) in [4.78, 5) is 0. The van der Waals surface area contributed by atoms with Crippen molar-refractivity contribution in [1.29, 1.82) is 0 Å². The topological polar surface area (TPSA) is 21.3 Å². The van der Waals surface area contributed by atoms with Crippen molar-refractivity contribution in [2.24, 2.45) is 5.92 Å². The van der Waals surface area contributed by atoms with Crippen LogP contribution in [0.4, 0.5) is 5.69 Å². The summed E-state index contributed by atoms with van der Waals surface area (Å²) in [6.07, 6.45) is 5.78. The van der Waals surface area contributed by atoms with Gasteiger partial charge in [0.1, 0.15) is 5.75 Å². The Kier molecular flexibility index (Phi) is 3.45. The minimum absolute atomic E-state index is 0.291. The minimum Gasteiger partial charge on any atom is -0.495 e. The number of rotatable bonds is 2. The third-order valence-electron chi connectivity index (χ3n) is 4.82.